The number of hydrogen-bond donors (Lipinski definition) is 3. The fraction of sp³-hybridized carbons (Fsp3) is 0. The molecule has 0 aliphatic carbocycles. The molecule has 9 heteroatoms. The van der Waals surface area contributed by atoms with Gasteiger partial charge in [-0.2, -0.15) is 4.99 Å². The summed E-state index contributed by atoms with van der Waals surface area (Å²) in [4.78, 5) is 10.8. The van der Waals surface area contributed by atoms with E-state index in [0.717, 1.165) is 5.52 Å². The highest BCUT2D eigenvalue weighted by atomic mass is 35.5. The first-order valence-electron chi connectivity index (χ1n) is 4.00. The summed E-state index contributed by atoms with van der Waals surface area (Å²) in [5.41, 5.74) is 11.8. The number of aliphatic imine (C=N–C) groups is 1. The number of nitrogens with zero attached hydrogens (tertiary/aromatic N) is 2. The molecule has 0 amide bonds. The number of nitrogens with one attached hydrogen (secondary N) is 1. The van der Waals surface area contributed by atoms with E-state index in [1.54, 1.807) is 12.1 Å². The number of guanidine groups is 1. The molecule has 0 saturated heterocycles. The minimum absolute atomic E-state index is 0. The number of H-pyrrole nitrogens is 1. The molecule has 2 rings (SSSR count). The maximum absolute atomic E-state index is 5.84. The predicted octanol–water partition coefficient (Wildman–Crippen LogP) is 2.62. The fourth-order valence-electron chi connectivity index (χ4n) is 1.17. The van der Waals surface area contributed by atoms with Crippen LogP contribution in [0.2, 0.25) is 10.0 Å². The molecule has 0 fully saturated rings. The highest BCUT2D eigenvalue weighted by molar-refractivity contribution is 6.42. The summed E-state index contributed by atoms with van der Waals surface area (Å²) in [7, 11) is 0. The lowest BCUT2D eigenvalue weighted by molar-refractivity contribution is 1.24. The van der Waals surface area contributed by atoms with Gasteiger partial charge in [-0.05, 0) is 12.1 Å². The summed E-state index contributed by atoms with van der Waals surface area (Å²) >= 11 is 11.7. The first-order chi connectivity index (χ1) is 7.06. The summed E-state index contributed by atoms with van der Waals surface area (Å²) in [6.07, 6.45) is 0. The topological polar surface area (TPSA) is 93.1 Å². The number of rotatable bonds is 1. The Hall–Kier alpha value is -0.880. The smallest absolute Gasteiger partial charge is 0.231 e. The lowest BCUT2D eigenvalue weighted by Gasteiger charge is -1.92. The molecule has 17 heavy (non-hydrogen) atoms. The second-order valence-corrected chi connectivity index (χ2v) is 3.69. The Balaban J connectivity index is 0.00000128. The first kappa shape index (κ1) is 16.1. The third-order valence-corrected chi connectivity index (χ3v) is 2.47. The fourth-order valence-corrected chi connectivity index (χ4v) is 1.49. The van der Waals surface area contributed by atoms with Gasteiger partial charge in [0.2, 0.25) is 5.95 Å². The van der Waals surface area contributed by atoms with Crippen molar-refractivity contribution in [3.05, 3.63) is 22.2 Å². The number of aromatic nitrogens is 2. The number of fused-ring (bicyclic) bond motifs is 1. The third-order valence-electron chi connectivity index (χ3n) is 1.75. The molecule has 94 valence electrons. The van der Waals surface area contributed by atoms with Gasteiger partial charge in [0.05, 0.1) is 21.1 Å². The molecule has 5 nitrogen and oxygen atoms in total. The van der Waals surface area contributed by atoms with Crippen LogP contribution in [0, 0.1) is 0 Å². The van der Waals surface area contributed by atoms with Crippen molar-refractivity contribution in [2.24, 2.45) is 16.5 Å². The molecule has 0 bridgehead atoms. The molecular formula is C8H9Cl4N5. The SMILES string of the molecule is Cl.Cl.NC(N)=Nc1nc2cc(Cl)c(Cl)cc2[nH]1. The zero-order chi connectivity index (χ0) is 11.0. The average molecular weight is 317 g/mol. The highest BCUT2D eigenvalue weighted by Gasteiger charge is 2.05. The van der Waals surface area contributed by atoms with E-state index < -0.39 is 0 Å². The Labute approximate surface area is 119 Å². The van der Waals surface area contributed by atoms with Gasteiger partial charge < -0.3 is 16.5 Å². The van der Waals surface area contributed by atoms with Crippen molar-refractivity contribution in [1.29, 1.82) is 0 Å². The number of hydrogen-bond acceptors (Lipinski definition) is 2. The van der Waals surface area contributed by atoms with Crippen LogP contribution in [0.5, 0.6) is 0 Å². The van der Waals surface area contributed by atoms with Crippen LogP contribution in [-0.2, 0) is 0 Å². The second kappa shape index (κ2) is 6.16. The van der Waals surface area contributed by atoms with E-state index in [2.05, 4.69) is 15.0 Å². The van der Waals surface area contributed by atoms with Gasteiger partial charge in [-0.15, -0.1) is 24.8 Å². The van der Waals surface area contributed by atoms with Gasteiger partial charge in [0.25, 0.3) is 0 Å². The number of halogens is 4. The minimum atomic E-state index is -0.0637. The average Bonchev–Trinajstić information content (AvgIpc) is 2.46. The normalized spacial score (nSPS) is 9.29. The summed E-state index contributed by atoms with van der Waals surface area (Å²) < 4.78 is 0. The molecule has 0 spiro atoms. The van der Waals surface area contributed by atoms with Gasteiger partial charge in [-0.3, -0.25) is 0 Å². The maximum Gasteiger partial charge on any atom is 0.231 e. The Morgan fingerprint density at radius 3 is 2.35 bits per heavy atom. The standard InChI is InChI=1S/C8H7Cl2N5.2ClH/c9-3-1-5-6(2-4(3)10)14-8(13-5)15-7(11)12;;/h1-2H,(H5,11,12,13,14,15);2*1H. The van der Waals surface area contributed by atoms with Gasteiger partial charge in [-0.1, -0.05) is 23.2 Å². The monoisotopic (exact) mass is 315 g/mol. The Morgan fingerprint density at radius 2 is 1.76 bits per heavy atom. The van der Waals surface area contributed by atoms with Crippen molar-refractivity contribution in [1.82, 2.24) is 9.97 Å². The van der Waals surface area contributed by atoms with Crippen LogP contribution in [0.15, 0.2) is 17.1 Å². The van der Waals surface area contributed by atoms with Gasteiger partial charge in [-0.25, -0.2) is 4.98 Å². The molecule has 0 saturated carbocycles. The molecule has 1 heterocycles. The van der Waals surface area contributed by atoms with Gasteiger partial charge >= 0.3 is 0 Å². The molecule has 0 unspecified atom stereocenters. The van der Waals surface area contributed by atoms with E-state index >= 15 is 0 Å². The number of imidazole rings is 1. The van der Waals surface area contributed by atoms with E-state index in [9.17, 15) is 0 Å². The van der Waals surface area contributed by atoms with Crippen molar-refractivity contribution in [3.63, 3.8) is 0 Å². The number of nitrogens with two attached hydrogens (primary N) is 2. The lowest BCUT2D eigenvalue weighted by atomic mass is 10.3. The molecule has 0 radical (unpaired) electrons. The summed E-state index contributed by atoms with van der Waals surface area (Å²) in [5, 5.41) is 0.885. The van der Waals surface area contributed by atoms with Crippen LogP contribution in [0.4, 0.5) is 5.95 Å². The minimum Gasteiger partial charge on any atom is -0.370 e. The van der Waals surface area contributed by atoms with Crippen LogP contribution in [0.1, 0.15) is 0 Å². The number of aromatic amines is 1. The summed E-state index contributed by atoms with van der Waals surface area (Å²) in [5.74, 6) is 0.259. The quantitative estimate of drug-likeness (QED) is 0.557. The zero-order valence-corrected chi connectivity index (χ0v) is 11.4. The second-order valence-electron chi connectivity index (χ2n) is 2.88. The van der Waals surface area contributed by atoms with Crippen LogP contribution in [0.3, 0.4) is 0 Å². The Morgan fingerprint density at radius 1 is 1.18 bits per heavy atom. The van der Waals surface area contributed by atoms with E-state index in [1.807, 2.05) is 0 Å². The van der Waals surface area contributed by atoms with E-state index in [-0.39, 0.29) is 30.8 Å². The van der Waals surface area contributed by atoms with Crippen LogP contribution >= 0.6 is 48.0 Å². The molecule has 2 aromatic rings. The Bertz CT molecular complexity index is 507. The van der Waals surface area contributed by atoms with Crippen LogP contribution < -0.4 is 11.5 Å². The predicted molar refractivity (Wildman–Crippen MR) is 76.1 cm³/mol. The highest BCUT2D eigenvalue weighted by Crippen LogP contribution is 2.27. The van der Waals surface area contributed by atoms with Crippen molar-refractivity contribution in [2.45, 2.75) is 0 Å². The number of benzene rings is 1. The van der Waals surface area contributed by atoms with Gasteiger partial charge in [0.1, 0.15) is 0 Å². The first-order valence-corrected chi connectivity index (χ1v) is 4.76. The molecule has 1 aromatic carbocycles. The largest absolute Gasteiger partial charge is 0.370 e. The molecule has 1 aromatic heterocycles. The van der Waals surface area contributed by atoms with Crippen molar-refractivity contribution in [3.8, 4) is 0 Å². The van der Waals surface area contributed by atoms with Gasteiger partial charge in [0, 0.05) is 0 Å². The molecule has 5 N–H and O–H groups in total. The molecule has 0 aliphatic rings. The van der Waals surface area contributed by atoms with Crippen molar-refractivity contribution in [2.75, 3.05) is 0 Å². The summed E-state index contributed by atoms with van der Waals surface area (Å²) in [6.45, 7) is 0. The third kappa shape index (κ3) is 3.54. The van der Waals surface area contributed by atoms with Gasteiger partial charge in [0.15, 0.2) is 5.96 Å². The van der Waals surface area contributed by atoms with E-state index in [4.69, 9.17) is 34.7 Å². The van der Waals surface area contributed by atoms with Crippen LogP contribution in [0.25, 0.3) is 11.0 Å². The maximum atomic E-state index is 5.84. The zero-order valence-electron chi connectivity index (χ0n) is 8.28. The van der Waals surface area contributed by atoms with Crippen LogP contribution in [-0.4, -0.2) is 15.9 Å². The Kier molecular flexibility index (Phi) is 5.84. The van der Waals surface area contributed by atoms with Crippen molar-refractivity contribution < 1.29 is 0 Å². The van der Waals surface area contributed by atoms with E-state index in [0.29, 0.717) is 21.5 Å². The molecule has 0 aliphatic heterocycles. The lowest BCUT2D eigenvalue weighted by Crippen LogP contribution is -2.22. The van der Waals surface area contributed by atoms with Crippen molar-refractivity contribution >= 4 is 71.0 Å². The molecular weight excluding hydrogens is 308 g/mol. The van der Waals surface area contributed by atoms with E-state index in [1.165, 1.54) is 0 Å². The summed E-state index contributed by atoms with van der Waals surface area (Å²) in [6, 6.07) is 3.30. The molecule has 0 atom stereocenters.